The van der Waals surface area contributed by atoms with E-state index in [2.05, 4.69) is 53.1 Å². The van der Waals surface area contributed by atoms with Gasteiger partial charge >= 0.3 is 0 Å². The van der Waals surface area contributed by atoms with Crippen LogP contribution in [0.3, 0.4) is 0 Å². The Kier molecular flexibility index (Phi) is 4.36. The number of rotatable bonds is 2. The van der Waals surface area contributed by atoms with E-state index in [9.17, 15) is 0 Å². The molecule has 0 saturated carbocycles. The van der Waals surface area contributed by atoms with Gasteiger partial charge in [-0.1, -0.05) is 0 Å². The molecule has 0 unspecified atom stereocenters. The van der Waals surface area contributed by atoms with Gasteiger partial charge in [0.1, 0.15) is 12.2 Å². The van der Waals surface area contributed by atoms with Crippen LogP contribution in [0.1, 0.15) is 5.56 Å². The van der Waals surface area contributed by atoms with Crippen molar-refractivity contribution in [3.05, 3.63) is 28.5 Å². The summed E-state index contributed by atoms with van der Waals surface area (Å²) in [7, 11) is 6.55. The van der Waals surface area contributed by atoms with E-state index in [0.29, 0.717) is 0 Å². The Morgan fingerprint density at radius 1 is 1.38 bits per heavy atom. The minimum Gasteiger partial charge on any atom is -1.00 e. The Hall–Kier alpha value is -0.140. The highest BCUT2D eigenvalue weighted by Gasteiger charge is 2.13. The first-order chi connectivity index (χ1) is 6.96. The first kappa shape index (κ1) is 13.9. The van der Waals surface area contributed by atoms with Gasteiger partial charge in [-0.25, -0.2) is 4.98 Å². The minimum absolute atomic E-state index is 0. The maximum Gasteiger partial charge on any atom is 0.137 e. The summed E-state index contributed by atoms with van der Waals surface area (Å²) in [5.74, 6) is 0. The Bertz CT molecular complexity index is 487. The van der Waals surface area contributed by atoms with Gasteiger partial charge in [-0.05, 0) is 22.0 Å². The van der Waals surface area contributed by atoms with Gasteiger partial charge in [-0.15, -0.1) is 0 Å². The lowest BCUT2D eigenvalue weighted by Crippen LogP contribution is -3.00. The number of aromatic amines is 1. The van der Waals surface area contributed by atoms with Gasteiger partial charge in [-0.3, -0.25) is 0 Å². The third-order valence-electron chi connectivity index (χ3n) is 2.23. The second-order valence-electron chi connectivity index (χ2n) is 4.81. The molecule has 0 aromatic carbocycles. The first-order valence-electron chi connectivity index (χ1n) is 4.88. The average Bonchev–Trinajstić information content (AvgIpc) is 2.46. The normalized spacial score (nSPS) is 11.5. The fraction of sp³-hybridized carbons (Fsp3) is 0.364. The van der Waals surface area contributed by atoms with Gasteiger partial charge < -0.3 is 33.4 Å². The zero-order valence-corrected chi connectivity index (χ0v) is 13.3. The van der Waals surface area contributed by atoms with Crippen LogP contribution in [0.25, 0.3) is 11.0 Å². The molecule has 5 heteroatoms. The number of halogens is 2. The van der Waals surface area contributed by atoms with E-state index in [1.165, 1.54) is 10.9 Å². The van der Waals surface area contributed by atoms with Crippen molar-refractivity contribution in [3.8, 4) is 0 Å². The Morgan fingerprint density at radius 2 is 2.06 bits per heavy atom. The van der Waals surface area contributed by atoms with Gasteiger partial charge in [0.15, 0.2) is 0 Å². The molecule has 0 spiro atoms. The molecule has 1 N–H and O–H groups in total. The van der Waals surface area contributed by atoms with Crippen molar-refractivity contribution in [3.63, 3.8) is 0 Å². The molecular weight excluding hydrogens is 381 g/mol. The molecule has 0 aliphatic rings. The van der Waals surface area contributed by atoms with Crippen molar-refractivity contribution in [1.29, 1.82) is 0 Å². The molecule has 0 atom stereocenters. The minimum atomic E-state index is 0. The molecular formula is C11H15BrIN3. The largest absolute Gasteiger partial charge is 1.00 e. The summed E-state index contributed by atoms with van der Waals surface area (Å²) in [6.45, 7) is 0.998. The number of aromatic nitrogens is 2. The fourth-order valence-electron chi connectivity index (χ4n) is 1.67. The van der Waals surface area contributed by atoms with E-state index in [4.69, 9.17) is 0 Å². The van der Waals surface area contributed by atoms with E-state index in [1.54, 1.807) is 0 Å². The molecule has 16 heavy (non-hydrogen) atoms. The predicted molar refractivity (Wildman–Crippen MR) is 65.5 cm³/mol. The van der Waals surface area contributed by atoms with Gasteiger partial charge in [-0.2, -0.15) is 0 Å². The van der Waals surface area contributed by atoms with Crippen molar-refractivity contribution in [2.75, 3.05) is 21.1 Å². The zero-order chi connectivity index (χ0) is 11.1. The Morgan fingerprint density at radius 3 is 2.69 bits per heavy atom. The molecule has 0 saturated heterocycles. The van der Waals surface area contributed by atoms with E-state index in [0.717, 1.165) is 21.1 Å². The number of hydrogen-bond donors (Lipinski definition) is 1. The number of H-pyrrole nitrogens is 1. The number of fused-ring (bicyclic) bond motifs is 1. The molecule has 0 aliphatic carbocycles. The van der Waals surface area contributed by atoms with Crippen LogP contribution in [-0.4, -0.2) is 35.6 Å². The number of hydrogen-bond acceptors (Lipinski definition) is 1. The first-order valence-corrected chi connectivity index (χ1v) is 5.67. The molecule has 0 fully saturated rings. The number of nitrogens with zero attached hydrogens (tertiary/aromatic N) is 2. The number of quaternary nitrogens is 1. The highest BCUT2D eigenvalue weighted by atomic mass is 127. The van der Waals surface area contributed by atoms with Crippen LogP contribution in [0.2, 0.25) is 0 Å². The van der Waals surface area contributed by atoms with Crippen molar-refractivity contribution < 1.29 is 28.5 Å². The molecule has 2 heterocycles. The smallest absolute Gasteiger partial charge is 0.137 e. The molecule has 0 amide bonds. The molecule has 2 aromatic rings. The molecule has 0 aliphatic heterocycles. The predicted octanol–water partition coefficient (Wildman–Crippen LogP) is -0.464. The molecule has 2 rings (SSSR count). The van der Waals surface area contributed by atoms with Crippen LogP contribution in [0.15, 0.2) is 22.9 Å². The van der Waals surface area contributed by atoms with E-state index in [-0.39, 0.29) is 24.0 Å². The maximum atomic E-state index is 4.32. The van der Waals surface area contributed by atoms with Crippen LogP contribution in [-0.2, 0) is 6.54 Å². The molecule has 3 nitrogen and oxygen atoms in total. The zero-order valence-electron chi connectivity index (χ0n) is 9.59. The van der Waals surface area contributed by atoms with Crippen molar-refractivity contribution in [2.24, 2.45) is 0 Å². The van der Waals surface area contributed by atoms with Gasteiger partial charge in [0.25, 0.3) is 0 Å². The summed E-state index contributed by atoms with van der Waals surface area (Å²) < 4.78 is 1.94. The van der Waals surface area contributed by atoms with Gasteiger partial charge in [0, 0.05) is 27.8 Å². The quantitative estimate of drug-likeness (QED) is 0.541. The van der Waals surface area contributed by atoms with Crippen LogP contribution < -0.4 is 24.0 Å². The number of nitrogens with one attached hydrogen (secondary N) is 1. The van der Waals surface area contributed by atoms with Crippen LogP contribution in [0.4, 0.5) is 0 Å². The molecule has 0 radical (unpaired) electrons. The molecule has 88 valence electrons. The summed E-state index contributed by atoms with van der Waals surface area (Å²) in [6.07, 6.45) is 3.86. The second-order valence-corrected chi connectivity index (χ2v) is 5.73. The SMILES string of the molecule is C[N+](C)(C)Cc1c[nH]c2ncc(Br)cc12.[I-]. The number of pyridine rings is 1. The lowest BCUT2D eigenvalue weighted by atomic mass is 10.2. The fourth-order valence-corrected chi connectivity index (χ4v) is 2.01. The monoisotopic (exact) mass is 395 g/mol. The topological polar surface area (TPSA) is 28.7 Å². The van der Waals surface area contributed by atoms with Crippen LogP contribution >= 0.6 is 15.9 Å². The van der Waals surface area contributed by atoms with Crippen molar-refractivity contribution in [2.45, 2.75) is 6.54 Å². The Balaban J connectivity index is 0.00000128. The lowest BCUT2D eigenvalue weighted by molar-refractivity contribution is -0.883. The van der Waals surface area contributed by atoms with E-state index in [1.807, 2.05) is 12.4 Å². The summed E-state index contributed by atoms with van der Waals surface area (Å²) >= 11 is 3.45. The second kappa shape index (κ2) is 5.01. The average molecular weight is 396 g/mol. The molecule has 0 bridgehead atoms. The van der Waals surface area contributed by atoms with E-state index >= 15 is 0 Å². The van der Waals surface area contributed by atoms with Crippen molar-refractivity contribution in [1.82, 2.24) is 9.97 Å². The van der Waals surface area contributed by atoms with Crippen molar-refractivity contribution >= 4 is 27.0 Å². The Labute approximate surface area is 121 Å². The standard InChI is InChI=1S/C11H15BrN3.HI/c1-15(2,3)7-8-5-13-11-10(8)4-9(12)6-14-11;/h4-6H,7H2,1-3H3,(H,13,14);1H/q+1;/p-1. The third-order valence-corrected chi connectivity index (χ3v) is 2.66. The summed E-state index contributed by atoms with van der Waals surface area (Å²) in [5, 5.41) is 1.21. The summed E-state index contributed by atoms with van der Waals surface area (Å²) in [6, 6.07) is 2.11. The lowest BCUT2D eigenvalue weighted by Gasteiger charge is -2.23. The third kappa shape index (κ3) is 3.18. The van der Waals surface area contributed by atoms with Gasteiger partial charge in [0.05, 0.1) is 21.1 Å². The van der Waals surface area contributed by atoms with E-state index < -0.39 is 0 Å². The highest BCUT2D eigenvalue weighted by molar-refractivity contribution is 9.10. The van der Waals surface area contributed by atoms with Crippen LogP contribution in [0, 0.1) is 0 Å². The van der Waals surface area contributed by atoms with Crippen LogP contribution in [0.5, 0.6) is 0 Å². The maximum absolute atomic E-state index is 4.32. The van der Waals surface area contributed by atoms with Gasteiger partial charge in [0.2, 0.25) is 0 Å². The summed E-state index contributed by atoms with van der Waals surface area (Å²) in [5.41, 5.74) is 2.27. The highest BCUT2D eigenvalue weighted by Crippen LogP contribution is 2.22. The molecule has 2 aromatic heterocycles. The summed E-state index contributed by atoms with van der Waals surface area (Å²) in [4.78, 5) is 7.52.